The van der Waals surface area contributed by atoms with Gasteiger partial charge in [-0.1, -0.05) is 6.07 Å². The zero-order chi connectivity index (χ0) is 16.4. The van der Waals surface area contributed by atoms with Crippen LogP contribution in [0.15, 0.2) is 47.6 Å². The van der Waals surface area contributed by atoms with Crippen molar-refractivity contribution >= 4 is 15.7 Å². The standard InChI is InChI=1S/C16H19N3O3S/c1-13-5-6-17-12-16(13)23(21,22)19-9-7-18(8-10-19)14-3-2-4-15(20)11-14/h2-6,11-12,20H,7-10H2,1H3. The van der Waals surface area contributed by atoms with E-state index in [2.05, 4.69) is 9.88 Å². The first kappa shape index (κ1) is 15.8. The van der Waals surface area contributed by atoms with Gasteiger partial charge in [-0.05, 0) is 30.7 Å². The van der Waals surface area contributed by atoms with Crippen LogP contribution >= 0.6 is 0 Å². The third kappa shape index (κ3) is 3.16. The number of benzene rings is 1. The van der Waals surface area contributed by atoms with Crippen LogP contribution in [-0.2, 0) is 10.0 Å². The van der Waals surface area contributed by atoms with Crippen molar-refractivity contribution in [1.82, 2.24) is 9.29 Å². The molecule has 23 heavy (non-hydrogen) atoms. The number of sulfonamides is 1. The summed E-state index contributed by atoms with van der Waals surface area (Å²) in [6.45, 7) is 3.76. The molecule has 1 aliphatic heterocycles. The van der Waals surface area contributed by atoms with Crippen LogP contribution < -0.4 is 4.90 Å². The molecule has 0 amide bonds. The minimum absolute atomic E-state index is 0.212. The normalized spacial score (nSPS) is 16.5. The fourth-order valence-corrected chi connectivity index (χ4v) is 4.33. The Morgan fingerprint density at radius 1 is 1.13 bits per heavy atom. The second-order valence-corrected chi connectivity index (χ2v) is 7.46. The number of rotatable bonds is 3. The van der Waals surface area contributed by atoms with E-state index in [0.29, 0.717) is 31.7 Å². The molecule has 0 spiro atoms. The first-order valence-electron chi connectivity index (χ1n) is 7.43. The molecule has 0 radical (unpaired) electrons. The van der Waals surface area contributed by atoms with Gasteiger partial charge in [-0.2, -0.15) is 4.31 Å². The van der Waals surface area contributed by atoms with Crippen molar-refractivity contribution in [1.29, 1.82) is 0 Å². The summed E-state index contributed by atoms with van der Waals surface area (Å²) in [5.74, 6) is 0.212. The van der Waals surface area contributed by atoms with Crippen LogP contribution in [0, 0.1) is 6.92 Å². The van der Waals surface area contributed by atoms with Crippen LogP contribution in [0.1, 0.15) is 5.56 Å². The minimum Gasteiger partial charge on any atom is -0.508 e. The predicted molar refractivity (Wildman–Crippen MR) is 88.1 cm³/mol. The van der Waals surface area contributed by atoms with Gasteiger partial charge in [-0.3, -0.25) is 4.98 Å². The monoisotopic (exact) mass is 333 g/mol. The Bertz CT molecular complexity index is 800. The quantitative estimate of drug-likeness (QED) is 0.924. The molecule has 2 heterocycles. The maximum atomic E-state index is 12.7. The Balaban J connectivity index is 1.75. The Morgan fingerprint density at radius 3 is 2.52 bits per heavy atom. The smallest absolute Gasteiger partial charge is 0.244 e. The SMILES string of the molecule is Cc1ccncc1S(=O)(=O)N1CCN(c2cccc(O)c2)CC1. The number of aromatic nitrogens is 1. The molecule has 1 saturated heterocycles. The van der Waals surface area contributed by atoms with Gasteiger partial charge in [-0.15, -0.1) is 0 Å². The molecular weight excluding hydrogens is 314 g/mol. The number of anilines is 1. The Labute approximate surface area is 136 Å². The number of pyridine rings is 1. The fraction of sp³-hybridized carbons (Fsp3) is 0.312. The lowest BCUT2D eigenvalue weighted by Crippen LogP contribution is -2.48. The number of piperazine rings is 1. The van der Waals surface area contributed by atoms with E-state index in [1.807, 2.05) is 6.07 Å². The highest BCUT2D eigenvalue weighted by atomic mass is 32.2. The van der Waals surface area contributed by atoms with Gasteiger partial charge >= 0.3 is 0 Å². The van der Waals surface area contributed by atoms with E-state index in [4.69, 9.17) is 0 Å². The van der Waals surface area contributed by atoms with Gasteiger partial charge in [0, 0.05) is 50.3 Å². The van der Waals surface area contributed by atoms with Gasteiger partial charge in [0.25, 0.3) is 0 Å². The van der Waals surface area contributed by atoms with E-state index in [1.165, 1.54) is 10.5 Å². The molecule has 1 aromatic carbocycles. The van der Waals surface area contributed by atoms with E-state index in [0.717, 1.165) is 5.69 Å². The molecule has 6 nitrogen and oxygen atoms in total. The molecule has 0 saturated carbocycles. The lowest BCUT2D eigenvalue weighted by atomic mass is 10.2. The summed E-state index contributed by atoms with van der Waals surface area (Å²) in [4.78, 5) is 6.28. The van der Waals surface area contributed by atoms with Crippen molar-refractivity contribution < 1.29 is 13.5 Å². The van der Waals surface area contributed by atoms with Crippen molar-refractivity contribution in [3.8, 4) is 5.75 Å². The Hall–Kier alpha value is -2.12. The molecule has 3 rings (SSSR count). The fourth-order valence-electron chi connectivity index (χ4n) is 2.74. The van der Waals surface area contributed by atoms with E-state index in [-0.39, 0.29) is 10.6 Å². The highest BCUT2D eigenvalue weighted by Gasteiger charge is 2.29. The summed E-state index contributed by atoms with van der Waals surface area (Å²) in [5, 5.41) is 9.56. The molecule has 0 unspecified atom stereocenters. The second kappa shape index (κ2) is 6.17. The molecule has 7 heteroatoms. The molecule has 0 aliphatic carbocycles. The molecule has 2 aromatic rings. The van der Waals surface area contributed by atoms with Crippen molar-refractivity contribution in [2.75, 3.05) is 31.1 Å². The summed E-state index contributed by atoms with van der Waals surface area (Å²) in [5.41, 5.74) is 1.61. The van der Waals surface area contributed by atoms with Crippen LogP contribution in [0.2, 0.25) is 0 Å². The highest BCUT2D eigenvalue weighted by Crippen LogP contribution is 2.24. The number of phenols is 1. The van der Waals surface area contributed by atoms with Crippen LogP contribution in [0.4, 0.5) is 5.69 Å². The first-order valence-corrected chi connectivity index (χ1v) is 8.87. The number of hydrogen-bond donors (Lipinski definition) is 1. The number of hydrogen-bond acceptors (Lipinski definition) is 5. The van der Waals surface area contributed by atoms with Crippen LogP contribution in [-0.4, -0.2) is 49.0 Å². The number of nitrogens with zero attached hydrogens (tertiary/aromatic N) is 3. The predicted octanol–water partition coefficient (Wildman–Crippen LogP) is 1.61. The van der Waals surface area contributed by atoms with Crippen molar-refractivity contribution in [3.63, 3.8) is 0 Å². The summed E-state index contributed by atoms with van der Waals surface area (Å²) >= 11 is 0. The maximum Gasteiger partial charge on any atom is 0.244 e. The largest absolute Gasteiger partial charge is 0.508 e. The average Bonchev–Trinajstić information content (AvgIpc) is 2.55. The van der Waals surface area contributed by atoms with Gasteiger partial charge < -0.3 is 10.0 Å². The summed E-state index contributed by atoms with van der Waals surface area (Å²) in [6.07, 6.45) is 3.00. The number of aryl methyl sites for hydroxylation is 1. The van der Waals surface area contributed by atoms with Gasteiger partial charge in [-0.25, -0.2) is 8.42 Å². The topological polar surface area (TPSA) is 73.7 Å². The lowest BCUT2D eigenvalue weighted by molar-refractivity contribution is 0.384. The molecule has 1 fully saturated rings. The van der Waals surface area contributed by atoms with E-state index in [1.54, 1.807) is 37.4 Å². The van der Waals surface area contributed by atoms with E-state index >= 15 is 0 Å². The average molecular weight is 333 g/mol. The third-order valence-electron chi connectivity index (χ3n) is 4.04. The highest BCUT2D eigenvalue weighted by molar-refractivity contribution is 7.89. The molecule has 1 N–H and O–H groups in total. The van der Waals surface area contributed by atoms with Crippen molar-refractivity contribution in [3.05, 3.63) is 48.3 Å². The first-order chi connectivity index (χ1) is 11.0. The summed E-state index contributed by atoms with van der Waals surface area (Å²) < 4.78 is 27.0. The molecule has 0 atom stereocenters. The van der Waals surface area contributed by atoms with Crippen molar-refractivity contribution in [2.24, 2.45) is 0 Å². The second-order valence-electron chi connectivity index (χ2n) is 5.55. The molecule has 0 bridgehead atoms. The summed E-state index contributed by atoms with van der Waals surface area (Å²) in [6, 6.07) is 8.71. The molecule has 1 aromatic heterocycles. The zero-order valence-electron chi connectivity index (χ0n) is 12.9. The van der Waals surface area contributed by atoms with Gasteiger partial charge in [0.05, 0.1) is 0 Å². The lowest BCUT2D eigenvalue weighted by Gasteiger charge is -2.35. The van der Waals surface area contributed by atoms with Crippen LogP contribution in [0.25, 0.3) is 0 Å². The summed E-state index contributed by atoms with van der Waals surface area (Å²) in [7, 11) is -3.51. The van der Waals surface area contributed by atoms with Crippen molar-refractivity contribution in [2.45, 2.75) is 11.8 Å². The van der Waals surface area contributed by atoms with E-state index in [9.17, 15) is 13.5 Å². The Kier molecular flexibility index (Phi) is 4.23. The molecule has 122 valence electrons. The molecular formula is C16H19N3O3S. The zero-order valence-corrected chi connectivity index (χ0v) is 13.7. The molecule has 1 aliphatic rings. The Morgan fingerprint density at radius 2 is 1.87 bits per heavy atom. The van der Waals surface area contributed by atoms with Gasteiger partial charge in [0.1, 0.15) is 10.6 Å². The van der Waals surface area contributed by atoms with Crippen LogP contribution in [0.5, 0.6) is 5.75 Å². The van der Waals surface area contributed by atoms with Crippen LogP contribution in [0.3, 0.4) is 0 Å². The minimum atomic E-state index is -3.51. The number of phenolic OH excluding ortho intramolecular Hbond substituents is 1. The van der Waals surface area contributed by atoms with E-state index < -0.39 is 10.0 Å². The number of aromatic hydroxyl groups is 1. The third-order valence-corrected chi connectivity index (χ3v) is 6.07. The van der Waals surface area contributed by atoms with Gasteiger partial charge in [0.15, 0.2) is 0 Å². The maximum absolute atomic E-state index is 12.7. The van der Waals surface area contributed by atoms with Gasteiger partial charge in [0.2, 0.25) is 10.0 Å².